The number of hydrogen-bond donors (Lipinski definition) is 2. The van der Waals surface area contributed by atoms with Crippen LogP contribution < -0.4 is 5.32 Å². The van der Waals surface area contributed by atoms with Gasteiger partial charge >= 0.3 is 18.0 Å². The van der Waals surface area contributed by atoms with Crippen molar-refractivity contribution in [1.82, 2.24) is 5.32 Å². The van der Waals surface area contributed by atoms with Gasteiger partial charge < -0.3 is 19.9 Å². The molecule has 1 aliphatic carbocycles. The Hall–Kier alpha value is -1.79. The average molecular weight is 315 g/mol. The van der Waals surface area contributed by atoms with Crippen molar-refractivity contribution in [2.45, 2.75) is 52.7 Å². The predicted molar refractivity (Wildman–Crippen MR) is 78.0 cm³/mol. The van der Waals surface area contributed by atoms with Gasteiger partial charge in [0.2, 0.25) is 0 Å². The van der Waals surface area contributed by atoms with Gasteiger partial charge in [-0.1, -0.05) is 13.8 Å². The van der Waals surface area contributed by atoms with Crippen LogP contribution in [0.3, 0.4) is 0 Å². The second kappa shape index (κ2) is 8.60. The van der Waals surface area contributed by atoms with E-state index < -0.39 is 24.3 Å². The Kier molecular flexibility index (Phi) is 7.14. The van der Waals surface area contributed by atoms with Crippen LogP contribution in [0.15, 0.2) is 0 Å². The summed E-state index contributed by atoms with van der Waals surface area (Å²) in [5, 5.41) is 11.6. The molecule has 0 aliphatic heterocycles. The molecule has 1 saturated carbocycles. The van der Waals surface area contributed by atoms with Gasteiger partial charge in [0, 0.05) is 19.4 Å². The molecule has 0 aromatic rings. The summed E-state index contributed by atoms with van der Waals surface area (Å²) in [5.41, 5.74) is 0. The fourth-order valence-corrected chi connectivity index (χ4v) is 2.45. The first-order valence-electron chi connectivity index (χ1n) is 7.64. The molecule has 1 atom stereocenters. The minimum atomic E-state index is -0.903. The molecule has 0 aromatic heterocycles. The molecule has 1 amide bonds. The zero-order valence-electron chi connectivity index (χ0n) is 13.3. The third-order valence-electron chi connectivity index (χ3n) is 3.78. The number of carbonyl (C=O) groups excluding carboxylic acids is 2. The molecule has 7 heteroatoms. The van der Waals surface area contributed by atoms with Gasteiger partial charge in [-0.3, -0.25) is 9.59 Å². The maximum absolute atomic E-state index is 11.7. The minimum Gasteiger partial charge on any atom is -0.481 e. The van der Waals surface area contributed by atoms with Crippen LogP contribution >= 0.6 is 0 Å². The number of rotatable bonds is 6. The fraction of sp³-hybridized carbons (Fsp3) is 0.800. The molecule has 1 rings (SSSR count). The highest BCUT2D eigenvalue weighted by atomic mass is 16.7. The zero-order valence-corrected chi connectivity index (χ0v) is 13.3. The first-order chi connectivity index (χ1) is 10.3. The molecular weight excluding hydrogens is 290 g/mol. The van der Waals surface area contributed by atoms with Gasteiger partial charge in [0.1, 0.15) is 0 Å². The maximum Gasteiger partial charge on any atom is 0.410 e. The lowest BCUT2D eigenvalue weighted by Gasteiger charge is -2.26. The molecule has 0 bridgehead atoms. The summed E-state index contributed by atoms with van der Waals surface area (Å²) in [7, 11) is 0. The lowest BCUT2D eigenvalue weighted by Crippen LogP contribution is -2.37. The smallest absolute Gasteiger partial charge is 0.410 e. The molecule has 0 spiro atoms. The molecule has 126 valence electrons. The highest BCUT2D eigenvalue weighted by molar-refractivity contribution is 5.70. The van der Waals surface area contributed by atoms with Crippen molar-refractivity contribution in [3.63, 3.8) is 0 Å². The maximum atomic E-state index is 11.7. The number of carboxylic acids is 1. The van der Waals surface area contributed by atoms with E-state index in [0.29, 0.717) is 19.4 Å². The summed E-state index contributed by atoms with van der Waals surface area (Å²) in [4.78, 5) is 33.6. The molecule has 0 radical (unpaired) electrons. The topological polar surface area (TPSA) is 102 Å². The molecule has 2 N–H and O–H groups in total. The quantitative estimate of drug-likeness (QED) is 0.575. The van der Waals surface area contributed by atoms with Crippen LogP contribution in [0.4, 0.5) is 4.79 Å². The van der Waals surface area contributed by atoms with E-state index in [0.717, 1.165) is 12.8 Å². The Bertz CT molecular complexity index is 401. The van der Waals surface area contributed by atoms with Gasteiger partial charge in [0.25, 0.3) is 6.29 Å². The Morgan fingerprint density at radius 2 is 1.73 bits per heavy atom. The van der Waals surface area contributed by atoms with Crippen LogP contribution in [-0.4, -0.2) is 36.0 Å². The molecule has 22 heavy (non-hydrogen) atoms. The normalized spacial score (nSPS) is 22.7. The van der Waals surface area contributed by atoms with Gasteiger partial charge in [-0.2, -0.15) is 0 Å². The Balaban J connectivity index is 2.31. The summed E-state index contributed by atoms with van der Waals surface area (Å²) in [6.07, 6.45) is 1.29. The van der Waals surface area contributed by atoms with Crippen LogP contribution in [0.5, 0.6) is 0 Å². The summed E-state index contributed by atoms with van der Waals surface area (Å²) < 4.78 is 10.0. The molecule has 1 aliphatic rings. The molecular formula is C15H25NO6. The average Bonchev–Trinajstić information content (AvgIpc) is 2.44. The SMILES string of the molecule is CC(=O)OC(OC(=O)NCC1CCC(C(=O)O)CC1)C(C)C. The molecule has 1 fully saturated rings. The van der Waals surface area contributed by atoms with Crippen molar-refractivity contribution in [1.29, 1.82) is 0 Å². The van der Waals surface area contributed by atoms with Crippen molar-refractivity contribution in [3.05, 3.63) is 0 Å². The van der Waals surface area contributed by atoms with Gasteiger partial charge in [-0.25, -0.2) is 4.79 Å². The van der Waals surface area contributed by atoms with Gasteiger partial charge in [-0.15, -0.1) is 0 Å². The van der Waals surface area contributed by atoms with E-state index in [1.165, 1.54) is 6.92 Å². The molecule has 7 nitrogen and oxygen atoms in total. The molecule has 1 unspecified atom stereocenters. The van der Waals surface area contributed by atoms with Crippen LogP contribution in [0, 0.1) is 17.8 Å². The number of alkyl carbamates (subject to hydrolysis) is 1. The van der Waals surface area contributed by atoms with Crippen molar-refractivity contribution in [2.75, 3.05) is 6.54 Å². The van der Waals surface area contributed by atoms with E-state index in [4.69, 9.17) is 14.6 Å². The number of carboxylic acid groups (broad SMARTS) is 1. The summed E-state index contributed by atoms with van der Waals surface area (Å²) in [6.45, 7) is 5.27. The van der Waals surface area contributed by atoms with E-state index in [-0.39, 0.29) is 17.8 Å². The summed E-state index contributed by atoms with van der Waals surface area (Å²) in [6, 6.07) is 0. The number of amides is 1. The van der Waals surface area contributed by atoms with Crippen LogP contribution in [0.25, 0.3) is 0 Å². The Morgan fingerprint density at radius 1 is 1.14 bits per heavy atom. The van der Waals surface area contributed by atoms with Gasteiger partial charge in [0.15, 0.2) is 0 Å². The number of carbonyl (C=O) groups is 3. The highest BCUT2D eigenvalue weighted by Gasteiger charge is 2.27. The van der Waals surface area contributed by atoms with Crippen molar-refractivity contribution in [3.8, 4) is 0 Å². The number of aliphatic carboxylic acids is 1. The monoisotopic (exact) mass is 315 g/mol. The molecule has 0 aromatic carbocycles. The summed E-state index contributed by atoms with van der Waals surface area (Å²) >= 11 is 0. The van der Waals surface area contributed by atoms with Crippen LogP contribution in [0.2, 0.25) is 0 Å². The van der Waals surface area contributed by atoms with Crippen molar-refractivity contribution < 1.29 is 29.0 Å². The number of esters is 1. The Labute approximate surface area is 130 Å². The molecule has 0 saturated heterocycles. The standard InChI is InChI=1S/C15H25NO6/c1-9(2)14(21-10(3)17)22-15(20)16-8-11-4-6-12(7-5-11)13(18)19/h9,11-12,14H,4-8H2,1-3H3,(H,16,20)(H,18,19). The minimum absolute atomic E-state index is 0.138. The third-order valence-corrected chi connectivity index (χ3v) is 3.78. The number of ether oxygens (including phenoxy) is 2. The summed E-state index contributed by atoms with van der Waals surface area (Å²) in [5.74, 6) is -1.39. The first kappa shape index (κ1) is 18.3. The number of hydrogen-bond acceptors (Lipinski definition) is 5. The first-order valence-corrected chi connectivity index (χ1v) is 7.64. The van der Waals surface area contributed by atoms with E-state index in [1.807, 2.05) is 0 Å². The van der Waals surface area contributed by atoms with Crippen molar-refractivity contribution >= 4 is 18.0 Å². The van der Waals surface area contributed by atoms with Gasteiger partial charge in [0.05, 0.1) is 5.92 Å². The van der Waals surface area contributed by atoms with Crippen LogP contribution in [-0.2, 0) is 19.1 Å². The van der Waals surface area contributed by atoms with Crippen molar-refractivity contribution in [2.24, 2.45) is 17.8 Å². The second-order valence-corrected chi connectivity index (χ2v) is 6.06. The lowest BCUT2D eigenvalue weighted by atomic mass is 9.82. The van der Waals surface area contributed by atoms with Gasteiger partial charge in [-0.05, 0) is 31.6 Å². The second-order valence-electron chi connectivity index (χ2n) is 6.06. The molecule has 0 heterocycles. The highest BCUT2D eigenvalue weighted by Crippen LogP contribution is 2.28. The zero-order chi connectivity index (χ0) is 16.7. The van der Waals surface area contributed by atoms with Crippen LogP contribution in [0.1, 0.15) is 46.5 Å². The predicted octanol–water partition coefficient (Wildman–Crippen LogP) is 2.15. The number of nitrogens with one attached hydrogen (secondary N) is 1. The largest absolute Gasteiger partial charge is 0.481 e. The van der Waals surface area contributed by atoms with E-state index in [9.17, 15) is 14.4 Å². The Morgan fingerprint density at radius 3 is 2.18 bits per heavy atom. The van der Waals surface area contributed by atoms with E-state index >= 15 is 0 Å². The lowest BCUT2D eigenvalue weighted by molar-refractivity contribution is -0.172. The third kappa shape index (κ3) is 6.32. The fourth-order valence-electron chi connectivity index (χ4n) is 2.45. The van der Waals surface area contributed by atoms with E-state index in [1.54, 1.807) is 13.8 Å². The van der Waals surface area contributed by atoms with E-state index in [2.05, 4.69) is 5.32 Å².